The molecule has 11 nitrogen and oxygen atoms in total. The van der Waals surface area contributed by atoms with Crippen LogP contribution in [0.15, 0.2) is 108 Å². The van der Waals surface area contributed by atoms with Crippen LogP contribution in [-0.2, 0) is 38.9 Å². The molecule has 2 aliphatic heterocycles. The van der Waals surface area contributed by atoms with Crippen molar-refractivity contribution in [2.75, 3.05) is 64.0 Å². The molecular weight excluding hydrogens is 717 g/mol. The second-order valence-electron chi connectivity index (χ2n) is 13.2. The van der Waals surface area contributed by atoms with Gasteiger partial charge in [0.1, 0.15) is 11.5 Å². The molecular formula is C40H48N2O9S2. The smallest absolute Gasteiger partial charge is 0.265 e. The Balaban J connectivity index is 0.000000820. The van der Waals surface area contributed by atoms with Crippen LogP contribution in [0.5, 0.6) is 11.5 Å². The number of nitrogens with one attached hydrogen (secondary N) is 1. The zero-order chi connectivity index (χ0) is 38.1. The van der Waals surface area contributed by atoms with Gasteiger partial charge in [-0.2, -0.15) is 0 Å². The number of carbonyl (C=O) groups is 1. The summed E-state index contributed by atoms with van der Waals surface area (Å²) in [5.74, 6) is -0.379. The van der Waals surface area contributed by atoms with E-state index in [2.05, 4.69) is 5.32 Å². The molecule has 4 aromatic carbocycles. The fourth-order valence-corrected chi connectivity index (χ4v) is 10.4. The summed E-state index contributed by atoms with van der Waals surface area (Å²) in [5.41, 5.74) is 2.16. The van der Waals surface area contributed by atoms with E-state index < -0.39 is 36.5 Å². The summed E-state index contributed by atoms with van der Waals surface area (Å²) >= 11 is 0. The number of amides is 1. The van der Waals surface area contributed by atoms with Crippen molar-refractivity contribution >= 4 is 31.3 Å². The molecule has 1 unspecified atom stereocenters. The van der Waals surface area contributed by atoms with Crippen LogP contribution in [0.25, 0.3) is 0 Å². The summed E-state index contributed by atoms with van der Waals surface area (Å²) in [6, 6.07) is 30.4. The third-order valence-electron chi connectivity index (χ3n) is 9.27. The predicted octanol–water partition coefficient (Wildman–Crippen LogP) is 5.29. The van der Waals surface area contributed by atoms with Crippen LogP contribution >= 0.6 is 0 Å². The standard InChI is InChI=1S/C34H42N2O9S2.C6H6/c1-24-6-13-28(14-7-24)47(40,41)34(23-46(4,38)39,45-32-21-35-17-16-29(32)25-8-11-27(43-3)12-9-25)26-10-15-31-30(20-26)36(18-5-19-42-2)33(37)22-44-31;1-2-4-6-5-3-1/h6-15,20,29,32,35H,5,16-19,21-23H2,1-4H3;1-6H/t29-,32+,34?;/m1./s1. The summed E-state index contributed by atoms with van der Waals surface area (Å²) in [7, 11) is -5.43. The molecule has 0 aromatic heterocycles. The zero-order valence-electron chi connectivity index (χ0n) is 30.6. The minimum absolute atomic E-state index is 0.0799. The summed E-state index contributed by atoms with van der Waals surface area (Å²) < 4.78 is 79.7. The molecule has 1 fully saturated rings. The summed E-state index contributed by atoms with van der Waals surface area (Å²) in [5, 5.41) is 3.31. The molecule has 1 amide bonds. The van der Waals surface area contributed by atoms with Gasteiger partial charge in [0.25, 0.3) is 5.91 Å². The van der Waals surface area contributed by atoms with Gasteiger partial charge in [0.15, 0.2) is 16.4 Å². The SMILES string of the molecule is COCCCN1C(=O)COc2ccc(C(CS(C)(=O)=O)(O[C@H]3CNCC[C@@H]3c3ccc(OC)cc3)S(=O)(=O)c3ccc(C)cc3)cc21.c1ccccc1. The molecule has 13 heteroatoms. The molecule has 3 atom stereocenters. The fourth-order valence-electron chi connectivity index (χ4n) is 6.60. The largest absolute Gasteiger partial charge is 0.497 e. The number of anilines is 1. The number of hydrogen-bond acceptors (Lipinski definition) is 10. The molecule has 0 bridgehead atoms. The molecule has 284 valence electrons. The minimum Gasteiger partial charge on any atom is -0.497 e. The van der Waals surface area contributed by atoms with E-state index in [4.69, 9.17) is 18.9 Å². The number of fused-ring (bicyclic) bond motifs is 1. The lowest BCUT2D eigenvalue weighted by Gasteiger charge is -2.42. The van der Waals surface area contributed by atoms with Crippen LogP contribution in [0.4, 0.5) is 5.69 Å². The molecule has 53 heavy (non-hydrogen) atoms. The molecule has 4 aromatic rings. The van der Waals surface area contributed by atoms with Crippen LogP contribution in [0.1, 0.15) is 35.4 Å². The molecule has 0 radical (unpaired) electrons. The first-order chi connectivity index (χ1) is 25.4. The van der Waals surface area contributed by atoms with Gasteiger partial charge in [0, 0.05) is 44.5 Å². The van der Waals surface area contributed by atoms with E-state index in [9.17, 15) is 13.2 Å². The van der Waals surface area contributed by atoms with Crippen LogP contribution in [0.3, 0.4) is 0 Å². The lowest BCUT2D eigenvalue weighted by atomic mass is 9.87. The molecule has 2 aliphatic rings. The van der Waals surface area contributed by atoms with Gasteiger partial charge in [0.05, 0.1) is 29.5 Å². The van der Waals surface area contributed by atoms with Crippen molar-refractivity contribution in [1.29, 1.82) is 0 Å². The van der Waals surface area contributed by atoms with Gasteiger partial charge in [-0.25, -0.2) is 16.8 Å². The molecule has 0 aliphatic carbocycles. The molecule has 2 heterocycles. The van der Waals surface area contributed by atoms with Gasteiger partial charge in [-0.3, -0.25) is 4.79 Å². The van der Waals surface area contributed by atoms with E-state index >= 15 is 8.42 Å². The maximum absolute atomic E-state index is 15.0. The Bertz CT molecular complexity index is 2000. The Hall–Kier alpha value is -4.27. The number of rotatable bonds is 13. The number of methoxy groups -OCH3 is 2. The van der Waals surface area contributed by atoms with Gasteiger partial charge in [-0.1, -0.05) is 72.3 Å². The highest BCUT2D eigenvalue weighted by Gasteiger charge is 2.53. The number of aryl methyl sites for hydroxylation is 1. The van der Waals surface area contributed by atoms with Crippen LogP contribution in [0, 0.1) is 6.92 Å². The van der Waals surface area contributed by atoms with E-state index in [-0.39, 0.29) is 35.4 Å². The maximum Gasteiger partial charge on any atom is 0.265 e. The summed E-state index contributed by atoms with van der Waals surface area (Å²) in [6.45, 7) is 3.30. The average molecular weight is 765 g/mol. The van der Waals surface area contributed by atoms with Crippen molar-refractivity contribution in [3.05, 3.63) is 120 Å². The first kappa shape index (κ1) is 39.9. The Morgan fingerprint density at radius 1 is 0.906 bits per heavy atom. The van der Waals surface area contributed by atoms with Gasteiger partial charge in [-0.15, -0.1) is 0 Å². The third-order valence-corrected chi connectivity index (χ3v) is 12.6. The van der Waals surface area contributed by atoms with Gasteiger partial charge in [0.2, 0.25) is 14.8 Å². The van der Waals surface area contributed by atoms with Gasteiger partial charge >= 0.3 is 0 Å². The van der Waals surface area contributed by atoms with Crippen molar-refractivity contribution in [1.82, 2.24) is 5.32 Å². The first-order valence-electron chi connectivity index (χ1n) is 17.5. The maximum atomic E-state index is 15.0. The van der Waals surface area contributed by atoms with Crippen molar-refractivity contribution in [3.8, 4) is 11.5 Å². The second kappa shape index (κ2) is 17.7. The van der Waals surface area contributed by atoms with Crippen molar-refractivity contribution in [3.63, 3.8) is 0 Å². The van der Waals surface area contributed by atoms with Crippen LogP contribution in [-0.4, -0.2) is 87.9 Å². The van der Waals surface area contributed by atoms with Crippen LogP contribution in [0.2, 0.25) is 0 Å². The van der Waals surface area contributed by atoms with Crippen molar-refractivity contribution < 1.29 is 40.6 Å². The Morgan fingerprint density at radius 3 is 2.17 bits per heavy atom. The Kier molecular flexibility index (Phi) is 13.3. The Morgan fingerprint density at radius 2 is 1.57 bits per heavy atom. The van der Waals surface area contributed by atoms with Crippen LogP contribution < -0.4 is 19.7 Å². The quantitative estimate of drug-likeness (QED) is 0.179. The monoisotopic (exact) mass is 764 g/mol. The van der Waals surface area contributed by atoms with E-state index in [1.165, 1.54) is 29.2 Å². The number of hydrogen-bond donors (Lipinski definition) is 1. The molecule has 1 saturated heterocycles. The highest BCUT2D eigenvalue weighted by molar-refractivity contribution is 7.95. The number of nitrogens with zero attached hydrogens (tertiary/aromatic N) is 1. The average Bonchev–Trinajstić information content (AvgIpc) is 3.16. The second-order valence-corrected chi connectivity index (χ2v) is 17.5. The Labute approximate surface area is 313 Å². The van der Waals surface area contributed by atoms with E-state index in [0.717, 1.165) is 17.4 Å². The lowest BCUT2D eigenvalue weighted by molar-refractivity contribution is -0.121. The van der Waals surface area contributed by atoms with E-state index in [1.54, 1.807) is 32.4 Å². The van der Waals surface area contributed by atoms with E-state index in [1.807, 2.05) is 67.6 Å². The predicted molar refractivity (Wildman–Crippen MR) is 205 cm³/mol. The van der Waals surface area contributed by atoms with Crippen molar-refractivity contribution in [2.24, 2.45) is 0 Å². The number of carbonyl (C=O) groups excluding carboxylic acids is 1. The van der Waals surface area contributed by atoms with Gasteiger partial charge < -0.3 is 29.2 Å². The highest BCUT2D eigenvalue weighted by atomic mass is 32.2. The first-order valence-corrected chi connectivity index (χ1v) is 21.0. The molecule has 0 spiro atoms. The minimum atomic E-state index is -4.57. The lowest BCUT2D eigenvalue weighted by Crippen LogP contribution is -2.52. The number of ether oxygens (including phenoxy) is 4. The molecule has 6 rings (SSSR count). The van der Waals surface area contributed by atoms with Gasteiger partial charge in [-0.05, 0) is 68.3 Å². The van der Waals surface area contributed by atoms with E-state index in [0.29, 0.717) is 49.7 Å². The molecule has 1 N–H and O–H groups in total. The molecule has 0 saturated carbocycles. The summed E-state index contributed by atoms with van der Waals surface area (Å²) in [6.07, 6.45) is 1.40. The normalized spacial score (nSPS) is 18.5. The fraction of sp³-hybridized carbons (Fsp3) is 0.375. The number of sulfone groups is 2. The number of piperidine rings is 1. The van der Waals surface area contributed by atoms with Crippen molar-refractivity contribution in [2.45, 2.75) is 41.6 Å². The third kappa shape index (κ3) is 9.64. The topological polar surface area (TPSA) is 138 Å². The summed E-state index contributed by atoms with van der Waals surface area (Å²) in [4.78, 5) is 12.1. The highest BCUT2D eigenvalue weighted by Crippen LogP contribution is 2.45. The zero-order valence-corrected chi connectivity index (χ0v) is 32.2. The number of benzene rings is 4.